The van der Waals surface area contributed by atoms with Gasteiger partial charge in [0.05, 0.1) is 0 Å². The first-order chi connectivity index (χ1) is 7.45. The SMILES string of the molecule is C(CCN1CCCC1)CNC1CCCC1. The summed E-state index contributed by atoms with van der Waals surface area (Å²) in [5, 5.41) is 3.69. The first kappa shape index (κ1) is 11.4. The number of hydrogen-bond donors (Lipinski definition) is 1. The van der Waals surface area contributed by atoms with Gasteiger partial charge in [0.1, 0.15) is 0 Å². The fourth-order valence-electron chi connectivity index (χ4n) is 2.90. The van der Waals surface area contributed by atoms with E-state index >= 15 is 0 Å². The van der Waals surface area contributed by atoms with Crippen molar-refractivity contribution < 1.29 is 0 Å². The third-order valence-corrected chi connectivity index (χ3v) is 3.89. The van der Waals surface area contributed by atoms with Crippen molar-refractivity contribution in [3.8, 4) is 0 Å². The highest BCUT2D eigenvalue weighted by Gasteiger charge is 2.13. The summed E-state index contributed by atoms with van der Waals surface area (Å²) in [5.41, 5.74) is 0. The number of rotatable bonds is 6. The predicted molar refractivity (Wildman–Crippen MR) is 65.2 cm³/mol. The molecular formula is C13H26N2. The van der Waals surface area contributed by atoms with Gasteiger partial charge in [0.25, 0.3) is 0 Å². The van der Waals surface area contributed by atoms with Crippen molar-refractivity contribution in [2.45, 2.75) is 57.4 Å². The summed E-state index contributed by atoms with van der Waals surface area (Å²) in [6.45, 7) is 5.30. The zero-order valence-corrected chi connectivity index (χ0v) is 10.0. The molecule has 0 spiro atoms. The van der Waals surface area contributed by atoms with Crippen molar-refractivity contribution >= 4 is 0 Å². The van der Waals surface area contributed by atoms with Crippen molar-refractivity contribution in [2.24, 2.45) is 0 Å². The molecule has 1 saturated heterocycles. The van der Waals surface area contributed by atoms with Gasteiger partial charge in [-0.25, -0.2) is 0 Å². The summed E-state index contributed by atoms with van der Waals surface area (Å²) in [6.07, 6.45) is 11.4. The van der Waals surface area contributed by atoms with Crippen molar-refractivity contribution in [1.82, 2.24) is 10.2 Å². The molecule has 0 unspecified atom stereocenters. The van der Waals surface area contributed by atoms with Crippen molar-refractivity contribution in [3.05, 3.63) is 0 Å². The van der Waals surface area contributed by atoms with Crippen LogP contribution in [-0.2, 0) is 0 Å². The van der Waals surface area contributed by atoms with Crippen LogP contribution in [0.25, 0.3) is 0 Å². The Labute approximate surface area is 94.4 Å². The summed E-state index contributed by atoms with van der Waals surface area (Å²) in [6, 6.07) is 0.858. The molecule has 15 heavy (non-hydrogen) atoms. The normalized spacial score (nSPS) is 24.0. The van der Waals surface area contributed by atoms with Crippen LogP contribution in [0.1, 0.15) is 51.4 Å². The molecule has 0 bridgehead atoms. The third-order valence-electron chi connectivity index (χ3n) is 3.89. The fourth-order valence-corrected chi connectivity index (χ4v) is 2.90. The monoisotopic (exact) mass is 210 g/mol. The molecule has 0 radical (unpaired) electrons. The van der Waals surface area contributed by atoms with E-state index in [1.807, 2.05) is 0 Å². The summed E-state index contributed by atoms with van der Waals surface area (Å²) in [7, 11) is 0. The largest absolute Gasteiger partial charge is 0.314 e. The highest BCUT2D eigenvalue weighted by Crippen LogP contribution is 2.17. The van der Waals surface area contributed by atoms with E-state index in [0.29, 0.717) is 0 Å². The number of nitrogens with one attached hydrogen (secondary N) is 1. The fraction of sp³-hybridized carbons (Fsp3) is 1.00. The zero-order chi connectivity index (χ0) is 10.3. The minimum absolute atomic E-state index is 0.858. The van der Waals surface area contributed by atoms with Gasteiger partial charge in [0.2, 0.25) is 0 Å². The molecule has 0 amide bonds. The van der Waals surface area contributed by atoms with Crippen LogP contribution in [0.15, 0.2) is 0 Å². The Morgan fingerprint density at radius 2 is 1.67 bits per heavy atom. The molecule has 2 nitrogen and oxygen atoms in total. The predicted octanol–water partition coefficient (Wildman–Crippen LogP) is 2.39. The first-order valence-electron chi connectivity index (χ1n) is 6.91. The molecule has 0 atom stereocenters. The maximum Gasteiger partial charge on any atom is 0.00670 e. The van der Waals surface area contributed by atoms with Gasteiger partial charge in [-0.1, -0.05) is 12.8 Å². The molecule has 1 aliphatic heterocycles. The van der Waals surface area contributed by atoms with Crippen LogP contribution in [-0.4, -0.2) is 37.1 Å². The van der Waals surface area contributed by atoms with Gasteiger partial charge in [0.15, 0.2) is 0 Å². The number of nitrogens with zero attached hydrogens (tertiary/aromatic N) is 1. The van der Waals surface area contributed by atoms with E-state index in [9.17, 15) is 0 Å². The molecule has 1 aliphatic carbocycles. The molecule has 0 aromatic heterocycles. The minimum Gasteiger partial charge on any atom is -0.314 e. The Morgan fingerprint density at radius 3 is 2.40 bits per heavy atom. The second-order valence-electron chi connectivity index (χ2n) is 5.19. The van der Waals surface area contributed by atoms with Gasteiger partial charge in [-0.3, -0.25) is 0 Å². The van der Waals surface area contributed by atoms with Crippen molar-refractivity contribution in [1.29, 1.82) is 0 Å². The lowest BCUT2D eigenvalue weighted by Gasteiger charge is -2.15. The number of hydrogen-bond acceptors (Lipinski definition) is 2. The number of likely N-dealkylation sites (tertiary alicyclic amines) is 1. The van der Waals surface area contributed by atoms with Gasteiger partial charge in [-0.05, 0) is 64.7 Å². The Morgan fingerprint density at radius 1 is 0.933 bits per heavy atom. The van der Waals surface area contributed by atoms with Gasteiger partial charge in [-0.2, -0.15) is 0 Å². The van der Waals surface area contributed by atoms with Crippen LogP contribution in [0.3, 0.4) is 0 Å². The molecular weight excluding hydrogens is 184 g/mol. The van der Waals surface area contributed by atoms with Gasteiger partial charge in [-0.15, -0.1) is 0 Å². The highest BCUT2D eigenvalue weighted by molar-refractivity contribution is 4.73. The lowest BCUT2D eigenvalue weighted by molar-refractivity contribution is 0.327. The van der Waals surface area contributed by atoms with E-state index in [-0.39, 0.29) is 0 Å². The average molecular weight is 210 g/mol. The molecule has 0 aromatic carbocycles. The molecule has 1 saturated carbocycles. The van der Waals surface area contributed by atoms with E-state index in [4.69, 9.17) is 0 Å². The average Bonchev–Trinajstić information content (AvgIpc) is 2.88. The van der Waals surface area contributed by atoms with E-state index in [1.165, 1.54) is 77.5 Å². The summed E-state index contributed by atoms with van der Waals surface area (Å²) in [5.74, 6) is 0. The first-order valence-corrected chi connectivity index (χ1v) is 6.91. The molecule has 1 heterocycles. The third kappa shape index (κ3) is 4.12. The number of unbranched alkanes of at least 4 members (excludes halogenated alkanes) is 1. The molecule has 2 rings (SSSR count). The molecule has 2 aliphatic rings. The Hall–Kier alpha value is -0.0800. The van der Waals surface area contributed by atoms with Gasteiger partial charge < -0.3 is 10.2 Å². The van der Waals surface area contributed by atoms with E-state index in [2.05, 4.69) is 10.2 Å². The summed E-state index contributed by atoms with van der Waals surface area (Å²) < 4.78 is 0. The Balaban J connectivity index is 1.41. The molecule has 0 aromatic rings. The van der Waals surface area contributed by atoms with Crippen LogP contribution in [0.4, 0.5) is 0 Å². The van der Waals surface area contributed by atoms with Crippen LogP contribution in [0.2, 0.25) is 0 Å². The maximum atomic E-state index is 3.69. The van der Waals surface area contributed by atoms with Gasteiger partial charge >= 0.3 is 0 Å². The topological polar surface area (TPSA) is 15.3 Å². The summed E-state index contributed by atoms with van der Waals surface area (Å²) >= 11 is 0. The maximum absolute atomic E-state index is 3.69. The van der Waals surface area contributed by atoms with Gasteiger partial charge in [0, 0.05) is 6.04 Å². The van der Waals surface area contributed by atoms with E-state index < -0.39 is 0 Å². The molecule has 1 N–H and O–H groups in total. The van der Waals surface area contributed by atoms with Crippen LogP contribution in [0, 0.1) is 0 Å². The Kier molecular flexibility index (Phi) is 4.94. The van der Waals surface area contributed by atoms with E-state index in [1.54, 1.807) is 0 Å². The zero-order valence-electron chi connectivity index (χ0n) is 10.0. The standard InChI is InChI=1S/C13H26N2/c1-2-8-13(7-1)14-9-3-4-10-15-11-5-6-12-15/h13-14H,1-12H2. The lowest BCUT2D eigenvalue weighted by atomic mass is 10.2. The Bertz CT molecular complexity index is 140. The summed E-state index contributed by atoms with van der Waals surface area (Å²) in [4.78, 5) is 2.62. The molecule has 88 valence electrons. The second-order valence-corrected chi connectivity index (χ2v) is 5.19. The highest BCUT2D eigenvalue weighted by atomic mass is 15.1. The van der Waals surface area contributed by atoms with Crippen molar-refractivity contribution in [3.63, 3.8) is 0 Å². The quantitative estimate of drug-likeness (QED) is 0.677. The van der Waals surface area contributed by atoms with Crippen LogP contribution < -0.4 is 5.32 Å². The van der Waals surface area contributed by atoms with Crippen LogP contribution >= 0.6 is 0 Å². The molecule has 2 heteroatoms. The lowest BCUT2D eigenvalue weighted by Crippen LogP contribution is -2.28. The minimum atomic E-state index is 0.858. The second kappa shape index (κ2) is 6.49. The smallest absolute Gasteiger partial charge is 0.00670 e. The molecule has 2 fully saturated rings. The van der Waals surface area contributed by atoms with Crippen LogP contribution in [0.5, 0.6) is 0 Å². The van der Waals surface area contributed by atoms with E-state index in [0.717, 1.165) is 6.04 Å². The van der Waals surface area contributed by atoms with Crippen molar-refractivity contribution in [2.75, 3.05) is 26.2 Å².